The van der Waals surface area contributed by atoms with Crippen LogP contribution in [0.3, 0.4) is 0 Å². The summed E-state index contributed by atoms with van der Waals surface area (Å²) in [6.07, 6.45) is 24.7. The number of rotatable bonds is 16. The lowest BCUT2D eigenvalue weighted by molar-refractivity contribution is -0.141. The normalized spacial score (nSPS) is 16.3. The molecule has 143 heavy (non-hydrogen) atoms. The van der Waals surface area contributed by atoms with Crippen molar-refractivity contribution in [2.75, 3.05) is 102 Å². The van der Waals surface area contributed by atoms with Crippen molar-refractivity contribution in [1.82, 2.24) is 113 Å². The van der Waals surface area contributed by atoms with Crippen LogP contribution in [0.25, 0.3) is 134 Å². The number of benzene rings is 5. The number of morpholine rings is 1. The first kappa shape index (κ1) is 93.6. The van der Waals surface area contributed by atoms with E-state index in [0.717, 1.165) is 143 Å². The zero-order chi connectivity index (χ0) is 99.0. The summed E-state index contributed by atoms with van der Waals surface area (Å²) in [7, 11) is -1.11. The zero-order valence-electron chi connectivity index (χ0n) is 77.2. The number of carboxylic acid groups (broad SMARTS) is 3. The number of halogens is 1. The molecule has 40 nitrogen and oxygen atoms in total. The van der Waals surface area contributed by atoms with Crippen LogP contribution < -0.4 is 49.1 Å². The third-order valence-corrected chi connectivity index (χ3v) is 28.1. The Bertz CT molecular complexity index is 8400. The van der Waals surface area contributed by atoms with E-state index in [1.165, 1.54) is 11.4 Å². The van der Waals surface area contributed by atoms with E-state index < -0.39 is 39.8 Å². The van der Waals surface area contributed by atoms with Crippen LogP contribution in [-0.4, -0.2) is 226 Å². The Hall–Kier alpha value is -17.1. The molecule has 0 spiro atoms. The summed E-state index contributed by atoms with van der Waals surface area (Å²) >= 11 is 3.54. The highest BCUT2D eigenvalue weighted by molar-refractivity contribution is 9.10. The number of carbonyl (C=O) groups excluding carboxylic acids is 1. The number of carboxylic acids is 3. The van der Waals surface area contributed by atoms with Crippen LogP contribution in [0.5, 0.6) is 0 Å². The van der Waals surface area contributed by atoms with Gasteiger partial charge in [0.2, 0.25) is 11.9 Å². The van der Waals surface area contributed by atoms with Gasteiger partial charge in [0.15, 0.2) is 43.9 Å². The first-order valence-corrected chi connectivity index (χ1v) is 48.6. The second-order valence-electron chi connectivity index (χ2n) is 35.1. The number of ketones is 1. The Morgan fingerprint density at radius 2 is 0.916 bits per heavy atom. The number of nitrogens with zero attached hydrogens (tertiary/aromatic N) is 23. The first-order valence-electron chi connectivity index (χ1n) is 46.0. The van der Waals surface area contributed by atoms with Crippen molar-refractivity contribution in [3.05, 3.63) is 271 Å². The van der Waals surface area contributed by atoms with Crippen molar-refractivity contribution in [3.8, 4) is 72.6 Å². The van der Waals surface area contributed by atoms with Gasteiger partial charge in [0.25, 0.3) is 0 Å². The second-order valence-corrected chi connectivity index (χ2v) is 38.2. The molecule has 4 fully saturated rings. The summed E-state index contributed by atoms with van der Waals surface area (Å²) in [6.45, 7) is 5.90. The van der Waals surface area contributed by atoms with Crippen LogP contribution in [0.4, 0.5) is 41.0 Å². The van der Waals surface area contributed by atoms with Gasteiger partial charge in [-0.25, -0.2) is 28.4 Å². The SMILES string of the molecule is CC(=O)c1c(N2CCS(=O)(=O)CC2)nc2c(-c3ccn(-c4ccccc4)c3)cnn2c1N.Cn1ccc(-c2cnn3c(N)cc(C4CCC(C(=O)O)NC4)nc23)c1.Nc1c(Br)c(-c2ccc(CC(=O)O)cc2)nc2c(-c3cnc4ccccc4c3)cnn12.Nc1cc(C2CCC(C(=O)O)NC2)nc2c(-c3cnc4ccccc4c3)cnn12.Nc1nc(N2CCOCC2)nc2c(-c3cnc4ccccc4c3)cnn12. The molecule has 42 heteroatoms. The van der Waals surface area contributed by atoms with Crippen molar-refractivity contribution in [1.29, 1.82) is 0 Å². The molecule has 4 unspecified atom stereocenters. The average molecular weight is 2000 g/mol. The molecule has 4 aliphatic rings. The molecule has 15 N–H and O–H groups in total. The van der Waals surface area contributed by atoms with E-state index in [4.69, 9.17) is 68.5 Å². The van der Waals surface area contributed by atoms with Gasteiger partial charge in [0.1, 0.15) is 46.7 Å². The van der Waals surface area contributed by atoms with Crippen molar-refractivity contribution < 1.29 is 47.7 Å². The van der Waals surface area contributed by atoms with E-state index in [1.54, 1.807) is 67.4 Å². The van der Waals surface area contributed by atoms with Crippen molar-refractivity contribution >= 4 is 151 Å². The number of hydrogen-bond donors (Lipinski definition) is 10. The predicted molar refractivity (Wildman–Crippen MR) is 547 cm³/mol. The number of hydrogen-bond acceptors (Lipinski definition) is 30. The topological polar surface area (TPSA) is 545 Å². The number of ether oxygens (including phenoxy) is 1. The number of pyridine rings is 3. The number of sulfone groups is 1. The number of aryl methyl sites for hydroxylation is 1. The number of anilines is 7. The van der Waals surface area contributed by atoms with Crippen LogP contribution in [0, 0.1) is 0 Å². The summed E-state index contributed by atoms with van der Waals surface area (Å²) in [5, 5.41) is 58.5. The fourth-order valence-electron chi connectivity index (χ4n) is 18.1. The molecule has 4 aliphatic heterocycles. The highest BCUT2D eigenvalue weighted by atomic mass is 79.9. The van der Waals surface area contributed by atoms with E-state index in [2.05, 4.69) is 95.1 Å². The number of para-hydroxylation sites is 4. The molecule has 0 amide bonds. The number of nitrogens with one attached hydrogen (secondary N) is 2. The second kappa shape index (κ2) is 39.7. The molecule has 5 aromatic carbocycles. The van der Waals surface area contributed by atoms with E-state index in [0.29, 0.717) is 113 Å². The maximum Gasteiger partial charge on any atom is 0.320 e. The minimum Gasteiger partial charge on any atom is -0.481 e. The molecule has 0 aliphatic carbocycles. The molecule has 24 rings (SSSR count). The van der Waals surface area contributed by atoms with Gasteiger partial charge in [-0.3, -0.25) is 34.1 Å². The maximum absolute atomic E-state index is 12.4. The molecule has 20 aromatic rings. The van der Waals surface area contributed by atoms with Gasteiger partial charge in [0.05, 0.1) is 100 Å². The summed E-state index contributed by atoms with van der Waals surface area (Å²) in [5.74, 6) is 0.535. The summed E-state index contributed by atoms with van der Waals surface area (Å²) in [6, 6.07) is 53.9. The van der Waals surface area contributed by atoms with Gasteiger partial charge in [0, 0.05) is 197 Å². The molecule has 4 atom stereocenters. The highest BCUT2D eigenvalue weighted by Gasteiger charge is 2.33. The maximum atomic E-state index is 12.4. The Kier molecular flexibility index (Phi) is 25.9. The van der Waals surface area contributed by atoms with Crippen LogP contribution in [0.15, 0.2) is 249 Å². The van der Waals surface area contributed by atoms with Crippen LogP contribution in [0.1, 0.15) is 71.8 Å². The van der Waals surface area contributed by atoms with Crippen LogP contribution in [0.2, 0.25) is 0 Å². The molecular weight excluding hydrogens is 1910 g/mol. The lowest BCUT2D eigenvalue weighted by Crippen LogP contribution is -2.43. The summed E-state index contributed by atoms with van der Waals surface area (Å²) < 4.78 is 41.7. The summed E-state index contributed by atoms with van der Waals surface area (Å²) in [5.41, 5.74) is 51.4. The highest BCUT2D eigenvalue weighted by Crippen LogP contribution is 2.40. The molecule has 0 saturated carbocycles. The molecule has 15 aromatic heterocycles. The van der Waals surface area contributed by atoms with Crippen LogP contribution in [-0.2, 0) is 42.4 Å². The Morgan fingerprint density at radius 3 is 1.40 bits per heavy atom. The van der Waals surface area contributed by atoms with Crippen molar-refractivity contribution in [2.45, 2.75) is 62.9 Å². The van der Waals surface area contributed by atoms with Crippen LogP contribution >= 0.6 is 15.9 Å². The molecule has 19 heterocycles. The number of carbonyl (C=O) groups is 4. The minimum atomic E-state index is -3.08. The molecule has 4 saturated heterocycles. The third kappa shape index (κ3) is 19.4. The van der Waals surface area contributed by atoms with Gasteiger partial charge in [-0.05, 0) is 115 Å². The van der Waals surface area contributed by atoms with Gasteiger partial charge in [-0.2, -0.15) is 58.0 Å². The summed E-state index contributed by atoms with van der Waals surface area (Å²) in [4.78, 5) is 91.5. The Balaban J connectivity index is 0.000000110. The lowest BCUT2D eigenvalue weighted by Gasteiger charge is -2.29. The monoisotopic (exact) mass is 2000 g/mol. The number of Topliss-reactive ketones (excluding diaryl/α,β-unsaturated/α-hetero) is 1. The largest absolute Gasteiger partial charge is 0.481 e. The Labute approximate surface area is 823 Å². The van der Waals surface area contributed by atoms with Gasteiger partial charge < -0.3 is 78.3 Å². The number of nitrogens with two attached hydrogens (primary N) is 5. The molecule has 722 valence electrons. The van der Waals surface area contributed by atoms with Gasteiger partial charge in [-0.15, -0.1) is 0 Å². The van der Waals surface area contributed by atoms with E-state index in [9.17, 15) is 32.7 Å². The molecule has 0 radical (unpaired) electrons. The number of nitrogen functional groups attached to an aromatic ring is 5. The first-order chi connectivity index (χ1) is 69.3. The third-order valence-electron chi connectivity index (χ3n) is 25.7. The minimum absolute atomic E-state index is 0.0170. The van der Waals surface area contributed by atoms with Gasteiger partial charge >= 0.3 is 17.9 Å². The average Bonchev–Trinajstić information content (AvgIpc) is 1.62. The zero-order valence-corrected chi connectivity index (χ0v) is 79.6. The standard InChI is InChI=1S/C23H16BrN5O2.C22H22N6O3S.C21H20N6O2.C18H17N7O.C17H20N6O2/c24-20-21(14-7-5-13(6-8-14)9-19(30)31)28-23-17(12-27-29(23)22(20)25)16-10-15-3-1-2-4-18(15)26-11-16;1-15(29)19-20(23)28-21(25-22(19)26-9-11-32(30,31)12-10-26)18(13-24-28)16-7-8-27(14-16)17-5-3-2-4-6-17;22-19-8-18(13-5-6-17(21(28)29)24-9-13)26-20-15(11-25-27(19)20)14-7-12-3-1-2-4-16(12)23-10-14;19-17-23-18(24-5-7-26-8-6-24)22-16-14(11-21-25(16)17)13-9-12-3-1-2-4-15(12)20-10-13;1-22-5-4-11(9-22)12-8-20-23-15(18)6-14(21-16(12)23)10-2-3-13(17(24)25)19-7-10/h1-8,10-12H,9,25H2,(H,30,31);2-8,13-14H,9-12,23H2,1H3;1-4,7-8,10-11,13,17,24H,5-6,9,22H2,(H,28,29);1-4,9-11H,5-8H2,(H2,19,22,23);4-6,8-10,13,19H,2-3,7,18H2,1H3,(H,24,25). The number of fused-ring (bicyclic) bond motifs is 8. The van der Waals surface area contributed by atoms with Crippen molar-refractivity contribution in [2.24, 2.45) is 7.05 Å². The van der Waals surface area contributed by atoms with Crippen molar-refractivity contribution in [3.63, 3.8) is 0 Å². The van der Waals surface area contributed by atoms with E-state index in [1.807, 2.05) is 198 Å². The number of piperidine rings is 2. The van der Waals surface area contributed by atoms with E-state index in [-0.39, 0.29) is 60.0 Å². The lowest BCUT2D eigenvalue weighted by atomic mass is 9.92. The Morgan fingerprint density at radius 1 is 0.462 bits per heavy atom. The number of aliphatic carboxylic acids is 3. The fourth-order valence-corrected chi connectivity index (χ4v) is 19.8. The predicted octanol–water partition coefficient (Wildman–Crippen LogP) is 12.2. The fraction of sp³-hybridized carbons (Fsp3) is 0.208. The molecule has 0 bridgehead atoms. The van der Waals surface area contributed by atoms with Gasteiger partial charge in [-0.1, -0.05) is 97.1 Å². The quantitative estimate of drug-likeness (QED) is 0.0402. The van der Waals surface area contributed by atoms with E-state index >= 15 is 0 Å². The number of aromatic nitrogens is 21. The smallest absolute Gasteiger partial charge is 0.320 e. The molecular formula is C101H95BrN30O10S.